The number of hydrogen-bond acceptors (Lipinski definition) is 2. The summed E-state index contributed by atoms with van der Waals surface area (Å²) >= 11 is 0. The van der Waals surface area contributed by atoms with E-state index < -0.39 is 0 Å². The van der Waals surface area contributed by atoms with Gasteiger partial charge >= 0.3 is 0 Å². The Morgan fingerprint density at radius 3 is 2.47 bits per heavy atom. The first-order chi connectivity index (χ1) is 8.99. The summed E-state index contributed by atoms with van der Waals surface area (Å²) in [7, 11) is 4.46. The molecule has 0 N–H and O–H groups in total. The van der Waals surface area contributed by atoms with Crippen molar-refractivity contribution in [2.75, 3.05) is 27.2 Å². The van der Waals surface area contributed by atoms with Crippen LogP contribution in [0.15, 0.2) is 0 Å². The van der Waals surface area contributed by atoms with Gasteiger partial charge in [0.25, 0.3) is 0 Å². The van der Waals surface area contributed by atoms with Gasteiger partial charge in [-0.1, -0.05) is 19.3 Å². The Bertz CT molecular complexity index is 274. The van der Waals surface area contributed by atoms with Crippen LogP contribution in [0.5, 0.6) is 0 Å². The lowest BCUT2D eigenvalue weighted by molar-refractivity contribution is 0.0888. The maximum atomic E-state index is 2.80. The second-order valence-corrected chi connectivity index (χ2v) is 7.60. The lowest BCUT2D eigenvalue weighted by atomic mass is 9.73. The molecule has 0 radical (unpaired) electrons. The molecular formula is C17H34N2. The quantitative estimate of drug-likeness (QED) is 0.772. The van der Waals surface area contributed by atoms with E-state index in [2.05, 4.69) is 44.7 Å². The second-order valence-electron chi connectivity index (χ2n) is 7.60. The van der Waals surface area contributed by atoms with E-state index in [-0.39, 0.29) is 0 Å². The van der Waals surface area contributed by atoms with Crippen molar-refractivity contribution in [3.05, 3.63) is 0 Å². The molecule has 0 aromatic heterocycles. The smallest absolute Gasteiger partial charge is 0.0101 e. The zero-order chi connectivity index (χ0) is 14.0. The summed E-state index contributed by atoms with van der Waals surface area (Å²) in [5, 5.41) is 0. The minimum absolute atomic E-state index is 0.695. The Balaban J connectivity index is 2.13. The number of likely N-dealkylation sites (tertiary alicyclic amines) is 1. The van der Waals surface area contributed by atoms with Crippen LogP contribution in [-0.2, 0) is 0 Å². The summed E-state index contributed by atoms with van der Waals surface area (Å²) in [6.45, 7) is 9.84. The van der Waals surface area contributed by atoms with Crippen LogP contribution in [0.2, 0.25) is 0 Å². The van der Waals surface area contributed by atoms with Gasteiger partial charge in [-0.3, -0.25) is 4.90 Å². The van der Waals surface area contributed by atoms with Crippen molar-refractivity contribution in [2.24, 2.45) is 17.8 Å². The van der Waals surface area contributed by atoms with Crippen LogP contribution in [0.25, 0.3) is 0 Å². The molecule has 2 nitrogen and oxygen atoms in total. The predicted molar refractivity (Wildman–Crippen MR) is 83.4 cm³/mol. The summed E-state index contributed by atoms with van der Waals surface area (Å²) in [5.74, 6) is 2.83. The Labute approximate surface area is 120 Å². The molecule has 1 aliphatic heterocycles. The molecule has 112 valence electrons. The first kappa shape index (κ1) is 15.3. The molecule has 1 saturated heterocycles. The van der Waals surface area contributed by atoms with Crippen molar-refractivity contribution in [3.63, 3.8) is 0 Å². The molecule has 0 amide bonds. The molecule has 19 heavy (non-hydrogen) atoms. The van der Waals surface area contributed by atoms with Gasteiger partial charge in [-0.05, 0) is 65.5 Å². The van der Waals surface area contributed by atoms with Crippen molar-refractivity contribution < 1.29 is 0 Å². The summed E-state index contributed by atoms with van der Waals surface area (Å²) in [6.07, 6.45) is 7.38. The van der Waals surface area contributed by atoms with Crippen LogP contribution in [0.3, 0.4) is 0 Å². The van der Waals surface area contributed by atoms with E-state index in [1.165, 1.54) is 45.2 Å². The van der Waals surface area contributed by atoms with Gasteiger partial charge in [-0.15, -0.1) is 0 Å². The first-order valence-electron chi connectivity index (χ1n) is 8.39. The third-order valence-electron chi connectivity index (χ3n) is 5.50. The average Bonchev–Trinajstić information content (AvgIpc) is 2.47. The Morgan fingerprint density at radius 1 is 1.16 bits per heavy atom. The van der Waals surface area contributed by atoms with Crippen molar-refractivity contribution in [1.29, 1.82) is 0 Å². The van der Waals surface area contributed by atoms with Gasteiger partial charge in [0.2, 0.25) is 0 Å². The zero-order valence-corrected chi connectivity index (χ0v) is 13.7. The van der Waals surface area contributed by atoms with E-state index in [9.17, 15) is 0 Å². The average molecular weight is 266 g/mol. The van der Waals surface area contributed by atoms with Gasteiger partial charge in [-0.25, -0.2) is 0 Å². The maximum Gasteiger partial charge on any atom is 0.0101 e. The van der Waals surface area contributed by atoms with Crippen molar-refractivity contribution in [1.82, 2.24) is 9.80 Å². The summed E-state index contributed by atoms with van der Waals surface area (Å²) in [4.78, 5) is 5.18. The van der Waals surface area contributed by atoms with Gasteiger partial charge in [0.1, 0.15) is 0 Å². The SMILES string of the molecule is CC(C)N1CC(CN(C)C)CC2CCCCC2C1C. The first-order valence-corrected chi connectivity index (χ1v) is 8.39. The maximum absolute atomic E-state index is 2.80. The number of rotatable bonds is 3. The van der Waals surface area contributed by atoms with E-state index in [0.29, 0.717) is 6.04 Å². The van der Waals surface area contributed by atoms with Gasteiger partial charge in [0, 0.05) is 25.2 Å². The lowest BCUT2D eigenvalue weighted by Gasteiger charge is -2.40. The normalized spacial score (nSPS) is 37.4. The van der Waals surface area contributed by atoms with Crippen molar-refractivity contribution in [3.8, 4) is 0 Å². The van der Waals surface area contributed by atoms with E-state index >= 15 is 0 Å². The molecule has 4 atom stereocenters. The van der Waals surface area contributed by atoms with E-state index in [1.807, 2.05) is 0 Å². The molecule has 2 rings (SSSR count). The minimum atomic E-state index is 0.695. The van der Waals surface area contributed by atoms with Gasteiger partial charge in [0.15, 0.2) is 0 Å². The van der Waals surface area contributed by atoms with Crippen molar-refractivity contribution >= 4 is 0 Å². The number of nitrogens with zero attached hydrogens (tertiary/aromatic N) is 2. The topological polar surface area (TPSA) is 6.48 Å². The van der Waals surface area contributed by atoms with E-state index in [4.69, 9.17) is 0 Å². The summed E-state index contributed by atoms with van der Waals surface area (Å²) in [5.41, 5.74) is 0. The highest BCUT2D eigenvalue weighted by Crippen LogP contribution is 2.41. The highest BCUT2D eigenvalue weighted by atomic mass is 15.2. The van der Waals surface area contributed by atoms with Gasteiger partial charge in [-0.2, -0.15) is 0 Å². The van der Waals surface area contributed by atoms with E-state index in [1.54, 1.807) is 0 Å². The zero-order valence-electron chi connectivity index (χ0n) is 13.7. The van der Waals surface area contributed by atoms with E-state index in [0.717, 1.165) is 23.8 Å². The molecule has 0 aromatic rings. The number of fused-ring (bicyclic) bond motifs is 1. The Hall–Kier alpha value is -0.0800. The van der Waals surface area contributed by atoms with Gasteiger partial charge in [0.05, 0.1) is 0 Å². The summed E-state index contributed by atoms with van der Waals surface area (Å²) < 4.78 is 0. The fraction of sp³-hybridized carbons (Fsp3) is 1.00. The van der Waals surface area contributed by atoms with Crippen LogP contribution in [-0.4, -0.2) is 49.1 Å². The molecule has 1 saturated carbocycles. The van der Waals surface area contributed by atoms with Crippen LogP contribution in [0.1, 0.15) is 52.9 Å². The third-order valence-corrected chi connectivity index (χ3v) is 5.50. The molecule has 2 heteroatoms. The highest BCUT2D eigenvalue weighted by molar-refractivity contribution is 4.91. The fourth-order valence-electron chi connectivity index (χ4n) is 4.71. The highest BCUT2D eigenvalue weighted by Gasteiger charge is 2.38. The molecule has 2 aliphatic rings. The second kappa shape index (κ2) is 6.58. The van der Waals surface area contributed by atoms with Crippen LogP contribution in [0.4, 0.5) is 0 Å². The monoisotopic (exact) mass is 266 g/mol. The molecular weight excluding hydrogens is 232 g/mol. The summed E-state index contributed by atoms with van der Waals surface area (Å²) in [6, 6.07) is 1.48. The molecule has 1 heterocycles. The largest absolute Gasteiger partial charge is 0.309 e. The lowest BCUT2D eigenvalue weighted by Crippen LogP contribution is -2.45. The molecule has 1 aliphatic carbocycles. The molecule has 0 aromatic carbocycles. The predicted octanol–water partition coefficient (Wildman–Crippen LogP) is 3.47. The molecule has 0 spiro atoms. The Kier molecular flexibility index (Phi) is 5.30. The van der Waals surface area contributed by atoms with Gasteiger partial charge < -0.3 is 4.90 Å². The van der Waals surface area contributed by atoms with Crippen molar-refractivity contribution in [2.45, 2.75) is 65.0 Å². The minimum Gasteiger partial charge on any atom is -0.309 e. The standard InChI is InChI=1S/C17H34N2/c1-13(2)19-12-15(11-18(4)5)10-16-8-6-7-9-17(16)14(19)3/h13-17H,6-12H2,1-5H3. The Morgan fingerprint density at radius 2 is 1.84 bits per heavy atom. The van der Waals surface area contributed by atoms with Crippen LogP contribution < -0.4 is 0 Å². The molecule has 4 unspecified atom stereocenters. The fourth-order valence-corrected chi connectivity index (χ4v) is 4.71. The third kappa shape index (κ3) is 3.72. The van der Waals surface area contributed by atoms with Crippen LogP contribution in [0, 0.1) is 17.8 Å². The molecule has 2 fully saturated rings. The molecule has 0 bridgehead atoms. The number of hydrogen-bond donors (Lipinski definition) is 0. The van der Waals surface area contributed by atoms with Crippen LogP contribution >= 0.6 is 0 Å².